The van der Waals surface area contributed by atoms with Gasteiger partial charge in [0.2, 0.25) is 5.91 Å². The molecule has 7 nitrogen and oxygen atoms in total. The number of carbonyl (C=O) groups is 3. The molecule has 1 aromatic rings. The quantitative estimate of drug-likeness (QED) is 0.139. The van der Waals surface area contributed by atoms with E-state index in [4.69, 9.17) is 0 Å². The van der Waals surface area contributed by atoms with Crippen LogP contribution in [0.3, 0.4) is 0 Å². The maximum atomic E-state index is 13.9. The monoisotopic (exact) mass is 458 g/mol. The Balaban J connectivity index is 2.32. The lowest BCUT2D eigenvalue weighted by molar-refractivity contribution is -0.385. The number of amides is 1. The summed E-state index contributed by atoms with van der Waals surface area (Å²) in [6.45, 7) is 2.89. The number of nitrogens with zero attached hydrogens (tertiary/aromatic N) is 2. The van der Waals surface area contributed by atoms with Gasteiger partial charge in [-0.15, -0.1) is 0 Å². The molecule has 1 aliphatic carbocycles. The fraction of sp³-hybridized carbons (Fsp3) is 0.654. The summed E-state index contributed by atoms with van der Waals surface area (Å²) < 4.78 is 0. The number of aldehydes is 2. The summed E-state index contributed by atoms with van der Waals surface area (Å²) >= 11 is 0. The van der Waals surface area contributed by atoms with Crippen molar-refractivity contribution in [3.63, 3.8) is 0 Å². The van der Waals surface area contributed by atoms with E-state index in [1.165, 1.54) is 18.6 Å². The Labute approximate surface area is 197 Å². The minimum Gasteiger partial charge on any atom is -0.339 e. The maximum absolute atomic E-state index is 13.9. The number of nitro benzene ring substituents is 1. The van der Waals surface area contributed by atoms with Gasteiger partial charge in [0, 0.05) is 25.1 Å². The number of rotatable bonds is 15. The second kappa shape index (κ2) is 14.6. The van der Waals surface area contributed by atoms with Gasteiger partial charge in [-0.25, -0.2) is 0 Å². The minimum atomic E-state index is -0.573. The molecular weight excluding hydrogens is 420 g/mol. The molecule has 0 aliphatic heterocycles. The van der Waals surface area contributed by atoms with Gasteiger partial charge in [-0.2, -0.15) is 0 Å². The molecule has 0 N–H and O–H groups in total. The molecule has 1 aromatic carbocycles. The van der Waals surface area contributed by atoms with Crippen LogP contribution in [-0.4, -0.2) is 40.9 Å². The van der Waals surface area contributed by atoms with Gasteiger partial charge in [0.1, 0.15) is 6.29 Å². The van der Waals surface area contributed by atoms with E-state index in [2.05, 4.69) is 11.8 Å². The van der Waals surface area contributed by atoms with Crippen molar-refractivity contribution in [1.82, 2.24) is 4.90 Å². The third-order valence-electron chi connectivity index (χ3n) is 6.69. The summed E-state index contributed by atoms with van der Waals surface area (Å²) in [5, 5.41) is 11.3. The molecular formula is C26H38N2O5. The molecule has 1 amide bonds. The zero-order valence-electron chi connectivity index (χ0n) is 19.9. The van der Waals surface area contributed by atoms with Gasteiger partial charge in [0.05, 0.1) is 16.4 Å². The van der Waals surface area contributed by atoms with Crippen LogP contribution in [0.2, 0.25) is 0 Å². The lowest BCUT2D eigenvalue weighted by Crippen LogP contribution is -2.44. The van der Waals surface area contributed by atoms with Crippen LogP contribution in [0.5, 0.6) is 0 Å². The number of hydrogen-bond donors (Lipinski definition) is 0. The first-order valence-electron chi connectivity index (χ1n) is 12.5. The standard InChI is InChI=1S/C26H38N2O5/c1-2-3-4-10-17-27(23-12-7-5-8-13-23)26(31)24(14-9-6-11-18-29)21-15-16-25(28(32)33)22(19-21)20-30/h15-16,18-20,23-24H,2-14,17H2,1H3. The molecule has 2 rings (SSSR count). The summed E-state index contributed by atoms with van der Waals surface area (Å²) in [7, 11) is 0. The summed E-state index contributed by atoms with van der Waals surface area (Å²) in [6, 6.07) is 4.68. The first-order valence-corrected chi connectivity index (χ1v) is 12.5. The number of benzene rings is 1. The first-order chi connectivity index (χ1) is 16.0. The zero-order valence-corrected chi connectivity index (χ0v) is 19.9. The largest absolute Gasteiger partial charge is 0.339 e. The van der Waals surface area contributed by atoms with Gasteiger partial charge in [-0.1, -0.05) is 57.9 Å². The van der Waals surface area contributed by atoms with Crippen LogP contribution in [0.1, 0.15) is 112 Å². The van der Waals surface area contributed by atoms with Crippen LogP contribution in [-0.2, 0) is 9.59 Å². The molecule has 0 saturated heterocycles. The average molecular weight is 459 g/mol. The molecule has 1 fully saturated rings. The predicted molar refractivity (Wildman–Crippen MR) is 128 cm³/mol. The average Bonchev–Trinajstić information content (AvgIpc) is 2.84. The fourth-order valence-corrected chi connectivity index (χ4v) is 4.83. The SMILES string of the molecule is CCCCCCN(C(=O)C(CCCCC=O)c1ccc([N+](=O)[O-])c(C=O)c1)C1CCCCC1. The van der Waals surface area contributed by atoms with E-state index < -0.39 is 10.8 Å². The van der Waals surface area contributed by atoms with E-state index in [0.717, 1.165) is 64.2 Å². The molecule has 1 saturated carbocycles. The van der Waals surface area contributed by atoms with Crippen LogP contribution >= 0.6 is 0 Å². The Morgan fingerprint density at radius 1 is 1.12 bits per heavy atom. The summed E-state index contributed by atoms with van der Waals surface area (Å²) in [4.78, 5) is 48.9. The Bertz CT molecular complexity index is 789. The third kappa shape index (κ3) is 8.06. The third-order valence-corrected chi connectivity index (χ3v) is 6.69. The van der Waals surface area contributed by atoms with Gasteiger partial charge < -0.3 is 9.69 Å². The van der Waals surface area contributed by atoms with E-state index in [9.17, 15) is 24.5 Å². The van der Waals surface area contributed by atoms with Gasteiger partial charge in [-0.3, -0.25) is 19.7 Å². The normalized spacial score (nSPS) is 15.1. The lowest BCUT2D eigenvalue weighted by atomic mass is 9.88. The Morgan fingerprint density at radius 2 is 1.88 bits per heavy atom. The highest BCUT2D eigenvalue weighted by Crippen LogP contribution is 2.32. The van der Waals surface area contributed by atoms with Crippen LogP contribution in [0.25, 0.3) is 0 Å². The second-order valence-corrected chi connectivity index (χ2v) is 9.08. The van der Waals surface area contributed by atoms with Crippen molar-refractivity contribution in [2.45, 2.75) is 102 Å². The van der Waals surface area contributed by atoms with Crippen molar-refractivity contribution in [3.05, 3.63) is 39.4 Å². The van der Waals surface area contributed by atoms with E-state index in [0.29, 0.717) is 37.5 Å². The van der Waals surface area contributed by atoms with Crippen LogP contribution in [0.4, 0.5) is 5.69 Å². The number of nitro groups is 1. The fourth-order valence-electron chi connectivity index (χ4n) is 4.83. The summed E-state index contributed by atoms with van der Waals surface area (Å²) in [6.07, 6.45) is 13.6. The van der Waals surface area contributed by atoms with Crippen molar-refractivity contribution < 1.29 is 19.3 Å². The molecule has 1 aliphatic rings. The molecule has 33 heavy (non-hydrogen) atoms. The zero-order chi connectivity index (χ0) is 24.1. The van der Waals surface area contributed by atoms with Gasteiger partial charge in [0.25, 0.3) is 5.69 Å². The van der Waals surface area contributed by atoms with Gasteiger partial charge >= 0.3 is 0 Å². The van der Waals surface area contributed by atoms with Gasteiger partial charge in [-0.05, 0) is 43.7 Å². The van der Waals surface area contributed by atoms with E-state index in [1.807, 2.05) is 0 Å². The molecule has 0 bridgehead atoms. The lowest BCUT2D eigenvalue weighted by Gasteiger charge is -2.37. The predicted octanol–water partition coefficient (Wildman–Crippen LogP) is 5.99. The maximum Gasteiger partial charge on any atom is 0.279 e. The number of unbranched alkanes of at least 4 members (excludes halogenated alkanes) is 5. The van der Waals surface area contributed by atoms with Crippen molar-refractivity contribution in [2.75, 3.05) is 6.54 Å². The number of carbonyl (C=O) groups excluding carboxylic acids is 3. The molecule has 182 valence electrons. The van der Waals surface area contributed by atoms with Crippen LogP contribution in [0, 0.1) is 10.1 Å². The van der Waals surface area contributed by atoms with Crippen molar-refractivity contribution in [3.8, 4) is 0 Å². The van der Waals surface area contributed by atoms with Crippen molar-refractivity contribution in [1.29, 1.82) is 0 Å². The topological polar surface area (TPSA) is 97.6 Å². The highest BCUT2D eigenvalue weighted by Gasteiger charge is 2.32. The van der Waals surface area contributed by atoms with Crippen molar-refractivity contribution in [2.24, 2.45) is 0 Å². The molecule has 7 heteroatoms. The summed E-state index contributed by atoms with van der Waals surface area (Å²) in [5.74, 6) is -0.417. The highest BCUT2D eigenvalue weighted by atomic mass is 16.6. The molecule has 0 spiro atoms. The van der Waals surface area contributed by atoms with Crippen LogP contribution in [0.15, 0.2) is 18.2 Å². The Hall–Kier alpha value is -2.57. The van der Waals surface area contributed by atoms with E-state index in [-0.39, 0.29) is 23.2 Å². The second-order valence-electron chi connectivity index (χ2n) is 9.08. The molecule has 0 aromatic heterocycles. The Morgan fingerprint density at radius 3 is 2.52 bits per heavy atom. The Kier molecular flexibility index (Phi) is 11.8. The van der Waals surface area contributed by atoms with Crippen LogP contribution < -0.4 is 0 Å². The molecule has 1 unspecified atom stereocenters. The van der Waals surface area contributed by atoms with E-state index in [1.54, 1.807) is 6.07 Å². The van der Waals surface area contributed by atoms with Gasteiger partial charge in [0.15, 0.2) is 6.29 Å². The smallest absolute Gasteiger partial charge is 0.279 e. The molecule has 0 radical (unpaired) electrons. The summed E-state index contributed by atoms with van der Waals surface area (Å²) in [5.41, 5.74) is 0.396. The highest BCUT2D eigenvalue weighted by molar-refractivity contribution is 5.86. The molecule has 1 atom stereocenters. The first kappa shape index (κ1) is 26.7. The minimum absolute atomic E-state index is 0.00430. The van der Waals surface area contributed by atoms with Crippen molar-refractivity contribution >= 4 is 24.2 Å². The number of hydrogen-bond acceptors (Lipinski definition) is 5. The van der Waals surface area contributed by atoms with E-state index >= 15 is 0 Å². The molecule has 0 heterocycles.